The summed E-state index contributed by atoms with van der Waals surface area (Å²) in [6.45, 7) is 1.99. The standard InChI is InChI=1S/C17H14O3/c1-12(13-5-3-2-4-6-13)19-15-9-7-14-8-10-17(18)20-16(14)11-15/h2-12H,1H3. The van der Waals surface area contributed by atoms with Gasteiger partial charge in [0.1, 0.15) is 17.4 Å². The second-order valence-electron chi connectivity index (χ2n) is 4.62. The molecule has 3 aromatic rings. The van der Waals surface area contributed by atoms with Gasteiger partial charge in [-0.05, 0) is 30.7 Å². The molecule has 1 aromatic heterocycles. The Labute approximate surface area is 116 Å². The molecule has 0 N–H and O–H groups in total. The molecule has 3 rings (SSSR count). The summed E-state index contributed by atoms with van der Waals surface area (Å²) < 4.78 is 11.0. The Morgan fingerprint density at radius 2 is 1.75 bits per heavy atom. The van der Waals surface area contributed by atoms with Crippen LogP contribution in [0.4, 0.5) is 0 Å². The van der Waals surface area contributed by atoms with Crippen LogP contribution < -0.4 is 10.4 Å². The van der Waals surface area contributed by atoms with Gasteiger partial charge in [0.05, 0.1) is 0 Å². The summed E-state index contributed by atoms with van der Waals surface area (Å²) in [6, 6.07) is 18.6. The molecule has 3 nitrogen and oxygen atoms in total. The van der Waals surface area contributed by atoms with Gasteiger partial charge in [0.25, 0.3) is 0 Å². The minimum absolute atomic E-state index is 0.0657. The van der Waals surface area contributed by atoms with Crippen molar-refractivity contribution in [3.05, 3.63) is 76.6 Å². The van der Waals surface area contributed by atoms with Crippen LogP contribution in [0, 0.1) is 0 Å². The number of fused-ring (bicyclic) bond motifs is 1. The topological polar surface area (TPSA) is 39.4 Å². The Morgan fingerprint density at radius 3 is 2.55 bits per heavy atom. The predicted molar refractivity (Wildman–Crippen MR) is 78.0 cm³/mol. The van der Waals surface area contributed by atoms with E-state index in [9.17, 15) is 4.79 Å². The van der Waals surface area contributed by atoms with Crippen molar-refractivity contribution in [2.24, 2.45) is 0 Å². The quantitative estimate of drug-likeness (QED) is 0.674. The maximum Gasteiger partial charge on any atom is 0.336 e. The molecular weight excluding hydrogens is 252 g/mol. The average molecular weight is 266 g/mol. The lowest BCUT2D eigenvalue weighted by atomic mass is 10.1. The number of benzene rings is 2. The fourth-order valence-corrected chi connectivity index (χ4v) is 2.11. The van der Waals surface area contributed by atoms with Crippen LogP contribution in [0.25, 0.3) is 11.0 Å². The Bertz CT molecular complexity index is 775. The Balaban J connectivity index is 1.89. The van der Waals surface area contributed by atoms with Crippen molar-refractivity contribution in [2.45, 2.75) is 13.0 Å². The highest BCUT2D eigenvalue weighted by atomic mass is 16.5. The molecule has 20 heavy (non-hydrogen) atoms. The van der Waals surface area contributed by atoms with E-state index >= 15 is 0 Å². The predicted octanol–water partition coefficient (Wildman–Crippen LogP) is 3.93. The summed E-state index contributed by atoms with van der Waals surface area (Å²) in [6.07, 6.45) is -0.0657. The van der Waals surface area contributed by atoms with Gasteiger partial charge in [-0.15, -0.1) is 0 Å². The Morgan fingerprint density at radius 1 is 1.00 bits per heavy atom. The first kappa shape index (κ1) is 12.5. The van der Waals surface area contributed by atoms with Crippen LogP contribution in [0.1, 0.15) is 18.6 Å². The number of rotatable bonds is 3. The summed E-state index contributed by atoms with van der Waals surface area (Å²) in [5.41, 5.74) is 1.28. The maximum absolute atomic E-state index is 11.2. The van der Waals surface area contributed by atoms with Crippen molar-refractivity contribution in [3.63, 3.8) is 0 Å². The van der Waals surface area contributed by atoms with Crippen molar-refractivity contribution >= 4 is 11.0 Å². The summed E-state index contributed by atoms with van der Waals surface area (Å²) in [7, 11) is 0. The minimum Gasteiger partial charge on any atom is -0.486 e. The molecule has 0 saturated heterocycles. The average Bonchev–Trinajstić information content (AvgIpc) is 2.47. The first-order chi connectivity index (χ1) is 9.72. The monoisotopic (exact) mass is 266 g/mol. The van der Waals surface area contributed by atoms with E-state index in [4.69, 9.17) is 9.15 Å². The summed E-state index contributed by atoms with van der Waals surface area (Å²) in [4.78, 5) is 11.2. The molecule has 0 fully saturated rings. The molecule has 3 heteroatoms. The molecule has 1 unspecified atom stereocenters. The van der Waals surface area contributed by atoms with E-state index < -0.39 is 0 Å². The van der Waals surface area contributed by atoms with E-state index in [1.165, 1.54) is 6.07 Å². The van der Waals surface area contributed by atoms with Crippen LogP contribution in [0.2, 0.25) is 0 Å². The lowest BCUT2D eigenvalue weighted by Crippen LogP contribution is -2.03. The van der Waals surface area contributed by atoms with Gasteiger partial charge in [0.2, 0.25) is 0 Å². The smallest absolute Gasteiger partial charge is 0.336 e. The summed E-state index contributed by atoms with van der Waals surface area (Å²) >= 11 is 0. The first-order valence-corrected chi connectivity index (χ1v) is 6.48. The molecule has 100 valence electrons. The van der Waals surface area contributed by atoms with Gasteiger partial charge in [-0.1, -0.05) is 30.3 Å². The third-order valence-electron chi connectivity index (χ3n) is 3.18. The van der Waals surface area contributed by atoms with Gasteiger partial charge in [0.15, 0.2) is 0 Å². The van der Waals surface area contributed by atoms with Crippen molar-refractivity contribution in [1.29, 1.82) is 0 Å². The maximum atomic E-state index is 11.2. The van der Waals surface area contributed by atoms with Gasteiger partial charge in [-0.3, -0.25) is 0 Å². The van der Waals surface area contributed by atoms with Gasteiger partial charge in [-0.2, -0.15) is 0 Å². The molecule has 0 saturated carbocycles. The Kier molecular flexibility index (Phi) is 3.25. The number of ether oxygens (including phenoxy) is 1. The molecule has 1 heterocycles. The fraction of sp³-hybridized carbons (Fsp3) is 0.118. The van der Waals surface area contributed by atoms with Gasteiger partial charge >= 0.3 is 5.63 Å². The van der Waals surface area contributed by atoms with Gasteiger partial charge in [-0.25, -0.2) is 4.79 Å². The highest BCUT2D eigenvalue weighted by Gasteiger charge is 2.07. The fourth-order valence-electron chi connectivity index (χ4n) is 2.11. The van der Waals surface area contributed by atoms with Crippen LogP contribution in [-0.4, -0.2) is 0 Å². The molecule has 0 amide bonds. The normalized spacial score (nSPS) is 12.2. The molecule has 0 spiro atoms. The minimum atomic E-state index is -0.356. The molecule has 0 aliphatic heterocycles. The lowest BCUT2D eigenvalue weighted by Gasteiger charge is -2.15. The van der Waals surface area contributed by atoms with Crippen molar-refractivity contribution < 1.29 is 9.15 Å². The van der Waals surface area contributed by atoms with Gasteiger partial charge < -0.3 is 9.15 Å². The number of hydrogen-bond donors (Lipinski definition) is 0. The molecule has 2 aromatic carbocycles. The van der Waals surface area contributed by atoms with Crippen molar-refractivity contribution in [2.75, 3.05) is 0 Å². The second-order valence-corrected chi connectivity index (χ2v) is 4.62. The van der Waals surface area contributed by atoms with Crippen molar-refractivity contribution in [3.8, 4) is 5.75 Å². The highest BCUT2D eigenvalue weighted by molar-refractivity contribution is 5.77. The Hall–Kier alpha value is -2.55. The number of hydrogen-bond acceptors (Lipinski definition) is 3. The first-order valence-electron chi connectivity index (χ1n) is 6.48. The summed E-state index contributed by atoms with van der Waals surface area (Å²) in [5.74, 6) is 0.684. The second kappa shape index (κ2) is 5.21. The highest BCUT2D eigenvalue weighted by Crippen LogP contribution is 2.24. The summed E-state index contributed by atoms with van der Waals surface area (Å²) in [5, 5.41) is 0.879. The van der Waals surface area contributed by atoms with Crippen LogP contribution in [-0.2, 0) is 0 Å². The molecule has 0 aliphatic carbocycles. The largest absolute Gasteiger partial charge is 0.486 e. The third kappa shape index (κ3) is 2.57. The van der Waals surface area contributed by atoms with E-state index in [0.717, 1.165) is 10.9 Å². The SMILES string of the molecule is CC(Oc1ccc2ccc(=O)oc2c1)c1ccccc1. The van der Waals surface area contributed by atoms with Crippen molar-refractivity contribution in [1.82, 2.24) is 0 Å². The van der Waals surface area contributed by atoms with E-state index in [1.807, 2.05) is 49.4 Å². The third-order valence-corrected chi connectivity index (χ3v) is 3.18. The van der Waals surface area contributed by atoms with Crippen LogP contribution in [0.15, 0.2) is 69.9 Å². The zero-order chi connectivity index (χ0) is 13.9. The lowest BCUT2D eigenvalue weighted by molar-refractivity contribution is 0.227. The molecule has 0 aliphatic rings. The van der Waals surface area contributed by atoms with Crippen LogP contribution >= 0.6 is 0 Å². The molecule has 0 radical (unpaired) electrons. The van der Waals surface area contributed by atoms with E-state index in [2.05, 4.69) is 0 Å². The van der Waals surface area contributed by atoms with E-state index in [-0.39, 0.29) is 11.7 Å². The molecular formula is C17H14O3. The zero-order valence-electron chi connectivity index (χ0n) is 11.1. The van der Waals surface area contributed by atoms with Crippen LogP contribution in [0.5, 0.6) is 5.75 Å². The molecule has 1 atom stereocenters. The zero-order valence-corrected chi connectivity index (χ0v) is 11.1. The van der Waals surface area contributed by atoms with E-state index in [1.54, 1.807) is 12.1 Å². The van der Waals surface area contributed by atoms with Gasteiger partial charge in [0, 0.05) is 17.5 Å². The van der Waals surface area contributed by atoms with E-state index in [0.29, 0.717) is 11.3 Å². The van der Waals surface area contributed by atoms with Crippen LogP contribution in [0.3, 0.4) is 0 Å². The molecule has 0 bridgehead atoms.